The van der Waals surface area contributed by atoms with Crippen LogP contribution < -0.4 is 10.1 Å². The van der Waals surface area contributed by atoms with Crippen molar-refractivity contribution in [2.45, 2.75) is 13.2 Å². The number of H-pyrrole nitrogens is 1. The number of fused-ring (bicyclic) bond motifs is 1. The molecule has 2 aromatic carbocycles. The number of ether oxygens (including phenoxy) is 1. The number of hydrogen-bond donors (Lipinski definition) is 2. The number of carbonyl (C=O) groups is 1. The Balaban J connectivity index is 1.43. The molecule has 0 bridgehead atoms. The smallest absolute Gasteiger partial charge is 0.267 e. The highest BCUT2D eigenvalue weighted by atomic mass is 16.5. The summed E-state index contributed by atoms with van der Waals surface area (Å²) in [4.78, 5) is 19.6. The average Bonchev–Trinajstić information content (AvgIpc) is 3.15. The predicted molar refractivity (Wildman–Crippen MR) is 104 cm³/mol. The summed E-state index contributed by atoms with van der Waals surface area (Å²) in [5, 5.41) is 3.86. The molecule has 0 saturated heterocycles. The first kappa shape index (κ1) is 16.8. The molecule has 2 aromatic heterocycles. The summed E-state index contributed by atoms with van der Waals surface area (Å²) in [5.41, 5.74) is 3.46. The van der Waals surface area contributed by atoms with Crippen molar-refractivity contribution in [2.24, 2.45) is 0 Å². The van der Waals surface area contributed by atoms with E-state index in [1.165, 1.54) is 0 Å². The Hall–Kier alpha value is -3.60. The first-order valence-electron chi connectivity index (χ1n) is 8.74. The van der Waals surface area contributed by atoms with Crippen LogP contribution in [0.25, 0.3) is 10.9 Å². The second kappa shape index (κ2) is 7.74. The van der Waals surface area contributed by atoms with Crippen LogP contribution in [0.15, 0.2) is 79.1 Å². The standard InChI is InChI=1S/C22H19N3O2/c26-22(24-14-17-7-4-10-23-13-17)21-11-18-8-9-19(12-20(18)25-21)27-15-16-5-2-1-3-6-16/h1-13,25H,14-15H2,(H,24,26). The zero-order valence-electron chi connectivity index (χ0n) is 14.7. The SMILES string of the molecule is O=C(NCc1cccnc1)c1cc2ccc(OCc3ccccc3)cc2[nH]1. The van der Waals surface area contributed by atoms with Crippen molar-refractivity contribution in [2.75, 3.05) is 0 Å². The Morgan fingerprint density at radius 3 is 2.67 bits per heavy atom. The lowest BCUT2D eigenvalue weighted by Crippen LogP contribution is -2.23. The van der Waals surface area contributed by atoms with E-state index in [2.05, 4.69) is 15.3 Å². The van der Waals surface area contributed by atoms with Gasteiger partial charge in [-0.05, 0) is 35.4 Å². The first-order chi connectivity index (χ1) is 13.3. The largest absolute Gasteiger partial charge is 0.489 e. The molecule has 0 saturated carbocycles. The Morgan fingerprint density at radius 1 is 1.00 bits per heavy atom. The number of benzene rings is 2. The summed E-state index contributed by atoms with van der Waals surface area (Å²) in [6.07, 6.45) is 3.45. The van der Waals surface area contributed by atoms with Gasteiger partial charge in [-0.25, -0.2) is 0 Å². The van der Waals surface area contributed by atoms with E-state index in [9.17, 15) is 4.79 Å². The van der Waals surface area contributed by atoms with Crippen molar-refractivity contribution in [3.8, 4) is 5.75 Å². The van der Waals surface area contributed by atoms with Gasteiger partial charge in [0.1, 0.15) is 18.1 Å². The van der Waals surface area contributed by atoms with E-state index in [0.717, 1.165) is 27.8 Å². The number of hydrogen-bond acceptors (Lipinski definition) is 3. The molecule has 0 aliphatic carbocycles. The topological polar surface area (TPSA) is 67.0 Å². The van der Waals surface area contributed by atoms with E-state index in [1.54, 1.807) is 12.4 Å². The molecular weight excluding hydrogens is 338 g/mol. The normalized spacial score (nSPS) is 10.7. The van der Waals surface area contributed by atoms with E-state index in [4.69, 9.17) is 4.74 Å². The average molecular weight is 357 g/mol. The molecule has 27 heavy (non-hydrogen) atoms. The lowest BCUT2D eigenvalue weighted by atomic mass is 10.2. The van der Waals surface area contributed by atoms with Crippen LogP contribution >= 0.6 is 0 Å². The van der Waals surface area contributed by atoms with Gasteiger partial charge in [0.15, 0.2) is 0 Å². The van der Waals surface area contributed by atoms with Gasteiger partial charge in [-0.3, -0.25) is 9.78 Å². The van der Waals surface area contributed by atoms with Crippen LogP contribution in [0, 0.1) is 0 Å². The molecule has 5 heteroatoms. The van der Waals surface area contributed by atoms with Gasteiger partial charge < -0.3 is 15.0 Å². The van der Waals surface area contributed by atoms with Gasteiger partial charge >= 0.3 is 0 Å². The molecule has 0 spiro atoms. The Bertz CT molecular complexity index is 1040. The highest BCUT2D eigenvalue weighted by Crippen LogP contribution is 2.22. The first-order valence-corrected chi connectivity index (χ1v) is 8.74. The van der Waals surface area contributed by atoms with Gasteiger partial charge in [-0.15, -0.1) is 0 Å². The maximum absolute atomic E-state index is 12.4. The maximum atomic E-state index is 12.4. The van der Waals surface area contributed by atoms with Crippen molar-refractivity contribution in [3.63, 3.8) is 0 Å². The number of aromatic nitrogens is 2. The van der Waals surface area contributed by atoms with Crippen LogP contribution in [0.1, 0.15) is 21.6 Å². The number of pyridine rings is 1. The molecule has 0 aliphatic heterocycles. The van der Waals surface area contributed by atoms with Gasteiger partial charge in [0.2, 0.25) is 0 Å². The van der Waals surface area contributed by atoms with Gasteiger partial charge in [0.25, 0.3) is 5.91 Å². The Morgan fingerprint density at radius 2 is 1.85 bits per heavy atom. The van der Waals surface area contributed by atoms with Crippen molar-refractivity contribution < 1.29 is 9.53 Å². The fourth-order valence-corrected chi connectivity index (χ4v) is 2.84. The van der Waals surface area contributed by atoms with Crippen molar-refractivity contribution >= 4 is 16.8 Å². The second-order valence-corrected chi connectivity index (χ2v) is 6.25. The fraction of sp³-hybridized carbons (Fsp3) is 0.0909. The molecule has 1 amide bonds. The lowest BCUT2D eigenvalue weighted by molar-refractivity contribution is 0.0946. The van der Waals surface area contributed by atoms with Gasteiger partial charge in [-0.2, -0.15) is 0 Å². The molecule has 5 nitrogen and oxygen atoms in total. The monoisotopic (exact) mass is 357 g/mol. The maximum Gasteiger partial charge on any atom is 0.267 e. The highest BCUT2D eigenvalue weighted by molar-refractivity contribution is 5.98. The zero-order chi connectivity index (χ0) is 18.5. The van der Waals surface area contributed by atoms with E-state index < -0.39 is 0 Å². The summed E-state index contributed by atoms with van der Waals surface area (Å²) >= 11 is 0. The van der Waals surface area contributed by atoms with Crippen LogP contribution in [0.5, 0.6) is 5.75 Å². The molecule has 2 heterocycles. The molecule has 0 aliphatic rings. The molecule has 134 valence electrons. The van der Waals surface area contributed by atoms with E-state index in [0.29, 0.717) is 18.8 Å². The Kier molecular flexibility index (Phi) is 4.83. The molecule has 4 rings (SSSR count). The van der Waals surface area contributed by atoms with Crippen LogP contribution in [-0.4, -0.2) is 15.9 Å². The predicted octanol–water partition coefficient (Wildman–Crippen LogP) is 4.07. The van der Waals surface area contributed by atoms with Crippen molar-refractivity contribution in [1.82, 2.24) is 15.3 Å². The van der Waals surface area contributed by atoms with Crippen LogP contribution in [-0.2, 0) is 13.2 Å². The zero-order valence-corrected chi connectivity index (χ0v) is 14.7. The van der Waals surface area contributed by atoms with Crippen LogP contribution in [0.2, 0.25) is 0 Å². The van der Waals surface area contributed by atoms with Crippen molar-refractivity contribution in [3.05, 3.63) is 95.9 Å². The van der Waals surface area contributed by atoms with Gasteiger partial charge in [0, 0.05) is 35.9 Å². The third-order valence-electron chi connectivity index (χ3n) is 4.26. The minimum atomic E-state index is -0.151. The van der Waals surface area contributed by atoms with Gasteiger partial charge in [0.05, 0.1) is 0 Å². The van der Waals surface area contributed by atoms with Gasteiger partial charge in [-0.1, -0.05) is 36.4 Å². The fourth-order valence-electron chi connectivity index (χ4n) is 2.84. The summed E-state index contributed by atoms with van der Waals surface area (Å²) in [6, 6.07) is 21.4. The Labute approximate surface area is 157 Å². The summed E-state index contributed by atoms with van der Waals surface area (Å²) in [5.74, 6) is 0.609. The lowest BCUT2D eigenvalue weighted by Gasteiger charge is -2.06. The minimum absolute atomic E-state index is 0.151. The van der Waals surface area contributed by atoms with E-state index in [1.807, 2.05) is 66.7 Å². The minimum Gasteiger partial charge on any atom is -0.489 e. The molecule has 0 atom stereocenters. The molecular formula is C22H19N3O2. The number of aromatic amines is 1. The molecule has 0 radical (unpaired) electrons. The summed E-state index contributed by atoms with van der Waals surface area (Å²) in [6.45, 7) is 0.943. The second-order valence-electron chi connectivity index (χ2n) is 6.25. The molecule has 0 fully saturated rings. The van der Waals surface area contributed by atoms with Crippen molar-refractivity contribution in [1.29, 1.82) is 0 Å². The number of nitrogens with one attached hydrogen (secondary N) is 2. The summed E-state index contributed by atoms with van der Waals surface area (Å²) in [7, 11) is 0. The molecule has 2 N–H and O–H groups in total. The third-order valence-corrected chi connectivity index (χ3v) is 4.26. The quantitative estimate of drug-likeness (QED) is 0.547. The number of carbonyl (C=O) groups excluding carboxylic acids is 1. The van der Waals surface area contributed by atoms with E-state index in [-0.39, 0.29) is 5.91 Å². The molecule has 4 aromatic rings. The number of amides is 1. The van der Waals surface area contributed by atoms with Crippen LogP contribution in [0.4, 0.5) is 0 Å². The summed E-state index contributed by atoms with van der Waals surface area (Å²) < 4.78 is 5.85. The number of nitrogens with zero attached hydrogens (tertiary/aromatic N) is 1. The van der Waals surface area contributed by atoms with Crippen LogP contribution in [0.3, 0.4) is 0 Å². The number of rotatable bonds is 6. The highest BCUT2D eigenvalue weighted by Gasteiger charge is 2.10. The molecule has 0 unspecified atom stereocenters. The third kappa shape index (κ3) is 4.15. The van der Waals surface area contributed by atoms with E-state index >= 15 is 0 Å².